The SMILES string of the molecule is Cc1ccc(F)c(NC(=O)CCC(C)(C)CCN)c1. The summed E-state index contributed by atoms with van der Waals surface area (Å²) in [7, 11) is 0. The zero-order valence-electron chi connectivity index (χ0n) is 11.9. The zero-order valence-corrected chi connectivity index (χ0v) is 11.9. The van der Waals surface area contributed by atoms with E-state index < -0.39 is 5.82 Å². The number of nitrogens with two attached hydrogens (primary N) is 1. The summed E-state index contributed by atoms with van der Waals surface area (Å²) < 4.78 is 13.5. The first-order valence-corrected chi connectivity index (χ1v) is 6.60. The van der Waals surface area contributed by atoms with Gasteiger partial charge in [-0.05, 0) is 49.4 Å². The number of halogens is 1. The molecule has 0 aliphatic rings. The predicted octanol–water partition coefficient (Wildman–Crippen LogP) is 3.23. The van der Waals surface area contributed by atoms with Gasteiger partial charge in [0.15, 0.2) is 0 Å². The van der Waals surface area contributed by atoms with Gasteiger partial charge >= 0.3 is 0 Å². The third-order valence-corrected chi connectivity index (χ3v) is 3.25. The van der Waals surface area contributed by atoms with Crippen LogP contribution in [0.2, 0.25) is 0 Å². The summed E-state index contributed by atoms with van der Waals surface area (Å²) in [5.41, 5.74) is 6.74. The summed E-state index contributed by atoms with van der Waals surface area (Å²) >= 11 is 0. The molecule has 1 aromatic carbocycles. The molecule has 0 atom stereocenters. The van der Waals surface area contributed by atoms with Crippen molar-refractivity contribution in [3.05, 3.63) is 29.6 Å². The molecule has 19 heavy (non-hydrogen) atoms. The van der Waals surface area contributed by atoms with Gasteiger partial charge in [-0.15, -0.1) is 0 Å². The number of anilines is 1. The molecule has 0 spiro atoms. The molecule has 1 amide bonds. The summed E-state index contributed by atoms with van der Waals surface area (Å²) in [6, 6.07) is 4.68. The maximum Gasteiger partial charge on any atom is 0.224 e. The average molecular weight is 266 g/mol. The lowest BCUT2D eigenvalue weighted by molar-refractivity contribution is -0.116. The third kappa shape index (κ3) is 5.39. The van der Waals surface area contributed by atoms with Crippen molar-refractivity contribution in [2.45, 2.75) is 40.0 Å². The molecule has 0 fully saturated rings. The van der Waals surface area contributed by atoms with Gasteiger partial charge < -0.3 is 11.1 Å². The van der Waals surface area contributed by atoms with E-state index in [-0.39, 0.29) is 17.0 Å². The predicted molar refractivity (Wildman–Crippen MR) is 76.5 cm³/mol. The van der Waals surface area contributed by atoms with Crippen LogP contribution in [0.3, 0.4) is 0 Å². The molecule has 3 N–H and O–H groups in total. The largest absolute Gasteiger partial charge is 0.330 e. The molecule has 0 saturated carbocycles. The molecule has 106 valence electrons. The lowest BCUT2D eigenvalue weighted by atomic mass is 9.84. The number of nitrogens with one attached hydrogen (secondary N) is 1. The highest BCUT2D eigenvalue weighted by molar-refractivity contribution is 5.90. The van der Waals surface area contributed by atoms with Crippen LogP contribution in [0.5, 0.6) is 0 Å². The number of rotatable bonds is 6. The van der Waals surface area contributed by atoms with Crippen LogP contribution >= 0.6 is 0 Å². The minimum absolute atomic E-state index is 0.0389. The average Bonchev–Trinajstić information content (AvgIpc) is 2.31. The highest BCUT2D eigenvalue weighted by atomic mass is 19.1. The van der Waals surface area contributed by atoms with E-state index in [1.165, 1.54) is 6.07 Å². The van der Waals surface area contributed by atoms with E-state index in [4.69, 9.17) is 5.73 Å². The van der Waals surface area contributed by atoms with Crippen molar-refractivity contribution in [2.75, 3.05) is 11.9 Å². The summed E-state index contributed by atoms with van der Waals surface area (Å²) in [6.07, 6.45) is 1.99. The monoisotopic (exact) mass is 266 g/mol. The Labute approximate surface area is 114 Å². The van der Waals surface area contributed by atoms with Gasteiger partial charge in [0.2, 0.25) is 5.91 Å². The normalized spacial score (nSPS) is 11.4. The Morgan fingerprint density at radius 1 is 1.37 bits per heavy atom. The first-order valence-electron chi connectivity index (χ1n) is 6.60. The zero-order chi connectivity index (χ0) is 14.5. The fraction of sp³-hybridized carbons (Fsp3) is 0.533. The third-order valence-electron chi connectivity index (χ3n) is 3.25. The second kappa shape index (κ2) is 6.66. The van der Waals surface area contributed by atoms with Crippen LogP contribution in [0.25, 0.3) is 0 Å². The topological polar surface area (TPSA) is 55.1 Å². The molecule has 4 heteroatoms. The Bertz CT molecular complexity index is 444. The fourth-order valence-electron chi connectivity index (χ4n) is 1.92. The second-order valence-electron chi connectivity index (χ2n) is 5.73. The molecular formula is C15H23FN2O. The summed E-state index contributed by atoms with van der Waals surface area (Å²) in [5, 5.41) is 2.62. The Kier molecular flexibility index (Phi) is 5.48. The van der Waals surface area contributed by atoms with Crippen molar-refractivity contribution < 1.29 is 9.18 Å². The molecule has 1 aromatic rings. The van der Waals surface area contributed by atoms with E-state index >= 15 is 0 Å². The number of hydrogen-bond acceptors (Lipinski definition) is 2. The lowest BCUT2D eigenvalue weighted by Crippen LogP contribution is -2.21. The molecule has 1 rings (SSSR count). The maximum absolute atomic E-state index is 13.5. The number of amides is 1. The van der Waals surface area contributed by atoms with E-state index in [0.717, 1.165) is 18.4 Å². The number of carbonyl (C=O) groups excluding carboxylic acids is 1. The van der Waals surface area contributed by atoms with Crippen LogP contribution in [0.4, 0.5) is 10.1 Å². The summed E-state index contributed by atoms with van der Waals surface area (Å²) in [6.45, 7) is 6.64. The number of carbonyl (C=O) groups is 1. The van der Waals surface area contributed by atoms with Crippen molar-refractivity contribution >= 4 is 11.6 Å². The molecule has 0 bridgehead atoms. The summed E-state index contributed by atoms with van der Waals surface area (Å²) in [5.74, 6) is -0.560. The number of aryl methyl sites for hydroxylation is 1. The van der Waals surface area contributed by atoms with Gasteiger partial charge in [0.25, 0.3) is 0 Å². The van der Waals surface area contributed by atoms with E-state index in [1.807, 2.05) is 6.92 Å². The first kappa shape index (κ1) is 15.6. The quantitative estimate of drug-likeness (QED) is 0.830. The van der Waals surface area contributed by atoms with Crippen LogP contribution in [-0.4, -0.2) is 12.5 Å². The van der Waals surface area contributed by atoms with Crippen LogP contribution < -0.4 is 11.1 Å². The van der Waals surface area contributed by atoms with Crippen molar-refractivity contribution in [2.24, 2.45) is 11.1 Å². The van der Waals surface area contributed by atoms with E-state index in [1.54, 1.807) is 12.1 Å². The van der Waals surface area contributed by atoms with Gasteiger partial charge in [0.05, 0.1) is 5.69 Å². The molecule has 0 heterocycles. The van der Waals surface area contributed by atoms with Crippen LogP contribution in [0, 0.1) is 18.2 Å². The number of hydrogen-bond donors (Lipinski definition) is 2. The second-order valence-corrected chi connectivity index (χ2v) is 5.73. The standard InChI is InChI=1S/C15H23FN2O/c1-11-4-5-12(16)13(10-11)18-14(19)6-7-15(2,3)8-9-17/h4-5,10H,6-9,17H2,1-3H3,(H,18,19). The van der Waals surface area contributed by atoms with Gasteiger partial charge in [0, 0.05) is 6.42 Å². The van der Waals surface area contributed by atoms with Gasteiger partial charge in [-0.2, -0.15) is 0 Å². The Balaban J connectivity index is 2.54. The molecule has 0 radical (unpaired) electrons. The van der Waals surface area contributed by atoms with Crippen molar-refractivity contribution in [3.63, 3.8) is 0 Å². The Hall–Kier alpha value is -1.42. The lowest BCUT2D eigenvalue weighted by Gasteiger charge is -2.23. The minimum atomic E-state index is -0.403. The smallest absolute Gasteiger partial charge is 0.224 e. The Morgan fingerprint density at radius 3 is 2.68 bits per heavy atom. The van der Waals surface area contributed by atoms with Crippen molar-refractivity contribution in [3.8, 4) is 0 Å². The van der Waals surface area contributed by atoms with Crippen molar-refractivity contribution in [1.82, 2.24) is 0 Å². The molecule has 0 aliphatic heterocycles. The molecular weight excluding hydrogens is 243 g/mol. The van der Waals surface area contributed by atoms with Gasteiger partial charge in [-0.3, -0.25) is 4.79 Å². The van der Waals surface area contributed by atoms with Gasteiger partial charge in [0.1, 0.15) is 5.82 Å². The van der Waals surface area contributed by atoms with E-state index in [0.29, 0.717) is 13.0 Å². The van der Waals surface area contributed by atoms with Crippen LogP contribution in [-0.2, 0) is 4.79 Å². The maximum atomic E-state index is 13.5. The van der Waals surface area contributed by atoms with Crippen LogP contribution in [0.1, 0.15) is 38.7 Å². The van der Waals surface area contributed by atoms with Gasteiger partial charge in [-0.1, -0.05) is 19.9 Å². The summed E-state index contributed by atoms with van der Waals surface area (Å²) in [4.78, 5) is 11.8. The number of benzene rings is 1. The van der Waals surface area contributed by atoms with E-state index in [2.05, 4.69) is 19.2 Å². The molecule has 0 aromatic heterocycles. The molecule has 3 nitrogen and oxygen atoms in total. The molecule has 0 aliphatic carbocycles. The molecule has 0 unspecified atom stereocenters. The highest BCUT2D eigenvalue weighted by Crippen LogP contribution is 2.26. The first-order chi connectivity index (χ1) is 8.84. The van der Waals surface area contributed by atoms with Crippen LogP contribution in [0.15, 0.2) is 18.2 Å². The van der Waals surface area contributed by atoms with Gasteiger partial charge in [-0.25, -0.2) is 4.39 Å². The van der Waals surface area contributed by atoms with Crippen molar-refractivity contribution in [1.29, 1.82) is 0 Å². The fourth-order valence-corrected chi connectivity index (χ4v) is 1.92. The minimum Gasteiger partial charge on any atom is -0.330 e. The Morgan fingerprint density at radius 2 is 2.05 bits per heavy atom. The van der Waals surface area contributed by atoms with E-state index in [9.17, 15) is 9.18 Å². The highest BCUT2D eigenvalue weighted by Gasteiger charge is 2.18. The molecule has 0 saturated heterocycles.